The third-order valence-corrected chi connectivity index (χ3v) is 10.9. The fourth-order valence-electron chi connectivity index (χ4n) is 3.80. The van der Waals surface area contributed by atoms with Crippen LogP contribution in [0.15, 0.2) is 0 Å². The number of nitrogens with zero attached hydrogens (tertiary/aromatic N) is 2. The molecular formula is C20H46N2Si. The Balaban J connectivity index is 5.33. The Morgan fingerprint density at radius 2 is 0.739 bits per heavy atom. The molecule has 0 spiro atoms. The van der Waals surface area contributed by atoms with Crippen molar-refractivity contribution in [1.29, 1.82) is 0 Å². The van der Waals surface area contributed by atoms with Crippen molar-refractivity contribution < 1.29 is 0 Å². The summed E-state index contributed by atoms with van der Waals surface area (Å²) in [7, 11) is -1.48. The van der Waals surface area contributed by atoms with Gasteiger partial charge in [0.25, 0.3) is 0 Å². The molecule has 0 bridgehead atoms. The first-order chi connectivity index (χ1) is 11.2. The molecule has 0 heterocycles. The van der Waals surface area contributed by atoms with Crippen molar-refractivity contribution in [2.45, 2.75) is 105 Å². The van der Waals surface area contributed by atoms with Crippen molar-refractivity contribution in [3.8, 4) is 0 Å². The van der Waals surface area contributed by atoms with E-state index in [1.54, 1.807) is 0 Å². The lowest BCUT2D eigenvalue weighted by atomic mass is 10.3. The molecule has 0 aromatic heterocycles. The fraction of sp³-hybridized carbons (Fsp3) is 1.00. The van der Waals surface area contributed by atoms with Gasteiger partial charge >= 0.3 is 0 Å². The molecule has 0 aromatic carbocycles. The zero-order valence-electron chi connectivity index (χ0n) is 17.3. The molecule has 0 aliphatic heterocycles. The molecule has 23 heavy (non-hydrogen) atoms. The van der Waals surface area contributed by atoms with Crippen LogP contribution in [0.25, 0.3) is 0 Å². The maximum atomic E-state index is 2.99. The second-order valence-electron chi connectivity index (χ2n) is 7.08. The summed E-state index contributed by atoms with van der Waals surface area (Å²) in [6, 6.07) is 2.79. The molecule has 0 unspecified atom stereocenters. The highest BCUT2D eigenvalue weighted by molar-refractivity contribution is 6.74. The molecule has 0 saturated heterocycles. The molecule has 140 valence electrons. The highest BCUT2D eigenvalue weighted by Crippen LogP contribution is 2.27. The molecule has 0 aliphatic rings. The number of hydrogen-bond acceptors (Lipinski definition) is 2. The lowest BCUT2D eigenvalue weighted by Crippen LogP contribution is -2.65. The summed E-state index contributed by atoms with van der Waals surface area (Å²) in [4.78, 5) is 0. The first-order valence-corrected chi connectivity index (χ1v) is 13.0. The quantitative estimate of drug-likeness (QED) is 0.305. The van der Waals surface area contributed by atoms with Gasteiger partial charge in [-0.2, -0.15) is 0 Å². The second kappa shape index (κ2) is 14.5. The van der Waals surface area contributed by atoms with Crippen molar-refractivity contribution in [3.63, 3.8) is 0 Å². The minimum Gasteiger partial charge on any atom is -0.312 e. The minimum absolute atomic E-state index is 1.32. The Morgan fingerprint density at radius 1 is 0.478 bits per heavy atom. The number of hydrogen-bond donors (Lipinski definition) is 0. The van der Waals surface area contributed by atoms with Crippen LogP contribution in [0.5, 0.6) is 0 Å². The standard InChI is InChI=1S/C20H46N2Si/c1-7-13-17-21(18-14-8-2)23(11-5,12-6)22(19-15-9-3)20-16-10-4/h7-20H2,1-6H3. The number of rotatable bonds is 16. The van der Waals surface area contributed by atoms with E-state index >= 15 is 0 Å². The molecule has 0 radical (unpaired) electrons. The van der Waals surface area contributed by atoms with Crippen LogP contribution in [-0.2, 0) is 0 Å². The van der Waals surface area contributed by atoms with Crippen LogP contribution >= 0.6 is 0 Å². The van der Waals surface area contributed by atoms with Gasteiger partial charge in [-0.15, -0.1) is 0 Å². The van der Waals surface area contributed by atoms with Crippen molar-refractivity contribution in [3.05, 3.63) is 0 Å². The molecule has 0 amide bonds. The Morgan fingerprint density at radius 3 is 0.913 bits per heavy atom. The van der Waals surface area contributed by atoms with Crippen LogP contribution in [0, 0.1) is 0 Å². The monoisotopic (exact) mass is 342 g/mol. The summed E-state index contributed by atoms with van der Waals surface area (Å²) in [6.45, 7) is 19.6. The first kappa shape index (κ1) is 23.1. The highest BCUT2D eigenvalue weighted by atomic mass is 28.3. The molecule has 0 N–H and O–H groups in total. The predicted molar refractivity (Wildman–Crippen MR) is 109 cm³/mol. The van der Waals surface area contributed by atoms with Crippen molar-refractivity contribution in [1.82, 2.24) is 9.13 Å². The molecule has 0 saturated carbocycles. The average molecular weight is 343 g/mol. The van der Waals surface area contributed by atoms with Gasteiger partial charge in [-0.3, -0.25) is 0 Å². The highest BCUT2D eigenvalue weighted by Gasteiger charge is 2.41. The van der Waals surface area contributed by atoms with E-state index in [0.29, 0.717) is 0 Å². The summed E-state index contributed by atoms with van der Waals surface area (Å²) >= 11 is 0. The van der Waals surface area contributed by atoms with E-state index in [1.165, 1.54) is 89.6 Å². The fourth-order valence-corrected chi connectivity index (χ4v) is 8.78. The van der Waals surface area contributed by atoms with Gasteiger partial charge in [0.05, 0.1) is 0 Å². The topological polar surface area (TPSA) is 6.48 Å². The van der Waals surface area contributed by atoms with Gasteiger partial charge < -0.3 is 9.13 Å². The van der Waals surface area contributed by atoms with Crippen LogP contribution in [-0.4, -0.2) is 43.7 Å². The van der Waals surface area contributed by atoms with Gasteiger partial charge in [-0.25, -0.2) is 0 Å². The summed E-state index contributed by atoms with van der Waals surface area (Å²) in [6.07, 6.45) is 10.8. The Kier molecular flexibility index (Phi) is 14.6. The Hall–Kier alpha value is 0.137. The normalized spacial score (nSPS) is 12.5. The van der Waals surface area contributed by atoms with Gasteiger partial charge in [-0.1, -0.05) is 67.2 Å². The van der Waals surface area contributed by atoms with Crippen LogP contribution in [0.4, 0.5) is 0 Å². The second-order valence-corrected chi connectivity index (χ2v) is 11.7. The van der Waals surface area contributed by atoms with Gasteiger partial charge in [0.15, 0.2) is 0 Å². The van der Waals surface area contributed by atoms with E-state index < -0.39 is 8.40 Å². The van der Waals surface area contributed by atoms with E-state index in [9.17, 15) is 0 Å². The Labute approximate surface area is 149 Å². The van der Waals surface area contributed by atoms with Crippen LogP contribution in [0.3, 0.4) is 0 Å². The van der Waals surface area contributed by atoms with Gasteiger partial charge in [0, 0.05) is 0 Å². The maximum Gasteiger partial charge on any atom is 0.206 e. The molecule has 2 nitrogen and oxygen atoms in total. The zero-order chi connectivity index (χ0) is 17.6. The van der Waals surface area contributed by atoms with Crippen molar-refractivity contribution in [2.24, 2.45) is 0 Å². The SMILES string of the molecule is CCCCN(CCCC)[Si](CC)(CC)N(CCCC)CCCC. The summed E-state index contributed by atoms with van der Waals surface area (Å²) in [5.74, 6) is 0. The molecule has 0 fully saturated rings. The first-order valence-electron chi connectivity index (χ1n) is 10.7. The average Bonchev–Trinajstić information content (AvgIpc) is 2.58. The van der Waals surface area contributed by atoms with E-state index in [2.05, 4.69) is 50.7 Å². The maximum absolute atomic E-state index is 2.99. The third-order valence-electron chi connectivity index (χ3n) is 5.44. The predicted octanol–water partition coefficient (Wildman–Crippen LogP) is 6.27. The van der Waals surface area contributed by atoms with E-state index in [0.717, 1.165) is 0 Å². The lowest BCUT2D eigenvalue weighted by Gasteiger charge is -2.49. The van der Waals surface area contributed by atoms with Crippen molar-refractivity contribution in [2.75, 3.05) is 26.2 Å². The number of unbranched alkanes of at least 4 members (excludes halogenated alkanes) is 4. The van der Waals surface area contributed by atoms with Crippen LogP contribution in [0.1, 0.15) is 92.9 Å². The molecule has 0 aromatic rings. The summed E-state index contributed by atoms with van der Waals surface area (Å²) < 4.78 is 5.98. The molecule has 3 heteroatoms. The van der Waals surface area contributed by atoms with Crippen molar-refractivity contribution >= 4 is 8.40 Å². The summed E-state index contributed by atoms with van der Waals surface area (Å²) in [5.41, 5.74) is 0. The van der Waals surface area contributed by atoms with E-state index in [1.807, 2.05) is 0 Å². The van der Waals surface area contributed by atoms with Gasteiger partial charge in [0.1, 0.15) is 0 Å². The van der Waals surface area contributed by atoms with E-state index in [-0.39, 0.29) is 0 Å². The molecule has 0 aliphatic carbocycles. The largest absolute Gasteiger partial charge is 0.312 e. The molecular weight excluding hydrogens is 296 g/mol. The van der Waals surface area contributed by atoms with Crippen LogP contribution < -0.4 is 0 Å². The zero-order valence-corrected chi connectivity index (χ0v) is 18.3. The summed E-state index contributed by atoms with van der Waals surface area (Å²) in [5, 5.41) is 0. The molecule has 0 rings (SSSR count). The minimum atomic E-state index is -1.48. The van der Waals surface area contributed by atoms with E-state index in [4.69, 9.17) is 0 Å². The van der Waals surface area contributed by atoms with Crippen LogP contribution in [0.2, 0.25) is 12.1 Å². The smallest absolute Gasteiger partial charge is 0.206 e. The Bertz CT molecular complexity index is 216. The lowest BCUT2D eigenvalue weighted by molar-refractivity contribution is 0.301. The van der Waals surface area contributed by atoms with Gasteiger partial charge in [0.2, 0.25) is 8.40 Å². The van der Waals surface area contributed by atoms with Gasteiger partial charge in [-0.05, 0) is 64.0 Å². The molecule has 0 atom stereocenters. The third kappa shape index (κ3) is 7.70.